The molecule has 132 valence electrons. The Labute approximate surface area is 161 Å². The summed E-state index contributed by atoms with van der Waals surface area (Å²) >= 11 is 0. The molecule has 2 aromatic rings. The van der Waals surface area contributed by atoms with Crippen molar-refractivity contribution < 1.29 is 4.42 Å². The van der Waals surface area contributed by atoms with Gasteiger partial charge in [-0.3, -0.25) is 4.99 Å². The van der Waals surface area contributed by atoms with Crippen molar-refractivity contribution in [2.24, 2.45) is 4.99 Å². The van der Waals surface area contributed by atoms with Crippen LogP contribution in [0.1, 0.15) is 36.8 Å². The van der Waals surface area contributed by atoms with E-state index in [9.17, 15) is 0 Å². The molecule has 1 heterocycles. The molecule has 24 heavy (non-hydrogen) atoms. The second-order valence-corrected chi connectivity index (χ2v) is 6.28. The van der Waals surface area contributed by atoms with E-state index < -0.39 is 0 Å². The Hall–Kier alpha value is -1.57. The number of nitrogens with zero attached hydrogens (tertiary/aromatic N) is 2. The van der Waals surface area contributed by atoms with E-state index in [0.29, 0.717) is 12.4 Å². The van der Waals surface area contributed by atoms with Crippen LogP contribution in [0, 0.1) is 13.8 Å². The summed E-state index contributed by atoms with van der Waals surface area (Å²) < 4.78 is 5.57. The van der Waals surface area contributed by atoms with E-state index in [1.807, 2.05) is 19.9 Å². The summed E-state index contributed by atoms with van der Waals surface area (Å²) in [6, 6.07) is 10.5. The second kappa shape index (κ2) is 9.05. The first-order valence-corrected chi connectivity index (χ1v) is 7.85. The molecule has 0 fully saturated rings. The topological polar surface area (TPSA) is 62.5 Å². The first kappa shape index (κ1) is 20.5. The molecule has 0 bridgehead atoms. The lowest BCUT2D eigenvalue weighted by Crippen LogP contribution is -2.43. The van der Waals surface area contributed by atoms with Gasteiger partial charge in [0.05, 0.1) is 12.2 Å². The molecule has 1 aromatic heterocycles. The smallest absolute Gasteiger partial charge is 0.214 e. The molecule has 1 aromatic carbocycles. The number of oxazole rings is 1. The zero-order chi connectivity index (χ0) is 16.9. The van der Waals surface area contributed by atoms with Crippen LogP contribution in [-0.2, 0) is 12.0 Å². The monoisotopic (exact) mass is 442 g/mol. The molecule has 6 heteroatoms. The zero-order valence-corrected chi connectivity index (χ0v) is 17.3. The average Bonchev–Trinajstić information content (AvgIpc) is 2.87. The minimum atomic E-state index is 0. The number of guanidine groups is 1. The molecule has 0 atom stereocenters. The van der Waals surface area contributed by atoms with Gasteiger partial charge in [-0.15, -0.1) is 24.0 Å². The number of hydrogen-bond acceptors (Lipinski definition) is 3. The van der Waals surface area contributed by atoms with Crippen molar-refractivity contribution >= 4 is 29.9 Å². The van der Waals surface area contributed by atoms with E-state index in [1.54, 1.807) is 7.05 Å². The van der Waals surface area contributed by atoms with Crippen LogP contribution in [0.3, 0.4) is 0 Å². The SMILES string of the molecule is CN=C(NCc1nc(C)c(C)o1)NCC(C)(C)c1ccccc1.I. The van der Waals surface area contributed by atoms with Crippen LogP contribution in [0.5, 0.6) is 0 Å². The van der Waals surface area contributed by atoms with Gasteiger partial charge in [-0.05, 0) is 19.4 Å². The fourth-order valence-electron chi connectivity index (χ4n) is 2.29. The number of halogens is 1. The van der Waals surface area contributed by atoms with Crippen molar-refractivity contribution in [1.29, 1.82) is 0 Å². The number of nitrogens with one attached hydrogen (secondary N) is 2. The first-order valence-electron chi connectivity index (χ1n) is 7.85. The molecule has 0 amide bonds. The Morgan fingerprint density at radius 3 is 2.38 bits per heavy atom. The van der Waals surface area contributed by atoms with Crippen LogP contribution < -0.4 is 10.6 Å². The molecule has 0 aliphatic heterocycles. The quantitative estimate of drug-likeness (QED) is 0.423. The number of hydrogen-bond donors (Lipinski definition) is 2. The summed E-state index contributed by atoms with van der Waals surface area (Å²) in [5.74, 6) is 2.27. The number of aromatic nitrogens is 1. The Morgan fingerprint density at radius 1 is 1.17 bits per heavy atom. The van der Waals surface area contributed by atoms with Gasteiger partial charge in [0.25, 0.3) is 0 Å². The van der Waals surface area contributed by atoms with Crippen molar-refractivity contribution in [2.45, 2.75) is 39.7 Å². The average molecular weight is 442 g/mol. The van der Waals surface area contributed by atoms with Gasteiger partial charge in [0.15, 0.2) is 5.96 Å². The van der Waals surface area contributed by atoms with Crippen LogP contribution in [0.25, 0.3) is 0 Å². The van der Waals surface area contributed by atoms with Gasteiger partial charge in [0, 0.05) is 19.0 Å². The van der Waals surface area contributed by atoms with Crippen molar-refractivity contribution in [3.05, 3.63) is 53.2 Å². The lowest BCUT2D eigenvalue weighted by molar-refractivity contribution is 0.461. The summed E-state index contributed by atoms with van der Waals surface area (Å²) in [6.45, 7) is 9.58. The Kier molecular flexibility index (Phi) is 7.72. The predicted octanol–water partition coefficient (Wildman–Crippen LogP) is 3.55. The highest BCUT2D eigenvalue weighted by Gasteiger charge is 2.20. The third kappa shape index (κ3) is 5.51. The Morgan fingerprint density at radius 2 is 1.83 bits per heavy atom. The van der Waals surface area contributed by atoms with Gasteiger partial charge in [0.1, 0.15) is 5.76 Å². The molecule has 2 N–H and O–H groups in total. The van der Waals surface area contributed by atoms with E-state index in [1.165, 1.54) is 5.56 Å². The number of benzene rings is 1. The molecular weight excluding hydrogens is 415 g/mol. The predicted molar refractivity (Wildman–Crippen MR) is 109 cm³/mol. The summed E-state index contributed by atoms with van der Waals surface area (Å²) in [6.07, 6.45) is 0. The fraction of sp³-hybridized carbons (Fsp3) is 0.444. The molecule has 0 spiro atoms. The summed E-state index contributed by atoms with van der Waals surface area (Å²) in [5.41, 5.74) is 2.23. The molecule has 0 unspecified atom stereocenters. The van der Waals surface area contributed by atoms with Crippen LogP contribution >= 0.6 is 24.0 Å². The standard InChI is InChI=1S/C18H26N4O.HI/c1-13-14(2)23-16(22-13)11-20-17(19-5)21-12-18(3,4)15-9-7-6-8-10-15;/h6-10H,11-12H2,1-5H3,(H2,19,20,21);1H. The van der Waals surface area contributed by atoms with Gasteiger partial charge >= 0.3 is 0 Å². The molecule has 5 nitrogen and oxygen atoms in total. The van der Waals surface area contributed by atoms with E-state index in [-0.39, 0.29) is 29.4 Å². The Balaban J connectivity index is 0.00000288. The first-order chi connectivity index (χ1) is 10.9. The molecule has 0 saturated carbocycles. The highest BCUT2D eigenvalue weighted by atomic mass is 127. The maximum Gasteiger partial charge on any atom is 0.214 e. The largest absolute Gasteiger partial charge is 0.444 e. The van der Waals surface area contributed by atoms with Crippen molar-refractivity contribution in [1.82, 2.24) is 15.6 Å². The maximum absolute atomic E-state index is 5.57. The van der Waals surface area contributed by atoms with Gasteiger partial charge in [-0.2, -0.15) is 0 Å². The van der Waals surface area contributed by atoms with Crippen molar-refractivity contribution in [2.75, 3.05) is 13.6 Å². The molecule has 0 aliphatic carbocycles. The molecular formula is C18H27IN4O. The minimum Gasteiger partial charge on any atom is -0.444 e. The van der Waals surface area contributed by atoms with Crippen molar-refractivity contribution in [3.8, 4) is 0 Å². The summed E-state index contributed by atoms with van der Waals surface area (Å²) in [7, 11) is 1.76. The Bertz CT molecular complexity index is 645. The lowest BCUT2D eigenvalue weighted by atomic mass is 9.85. The van der Waals surface area contributed by atoms with Gasteiger partial charge in [-0.25, -0.2) is 4.98 Å². The number of aliphatic imine (C=N–C) groups is 1. The van der Waals surface area contributed by atoms with E-state index >= 15 is 0 Å². The van der Waals surface area contributed by atoms with Gasteiger partial charge < -0.3 is 15.1 Å². The fourth-order valence-corrected chi connectivity index (χ4v) is 2.29. The van der Waals surface area contributed by atoms with Gasteiger partial charge in [-0.1, -0.05) is 44.2 Å². The van der Waals surface area contributed by atoms with Crippen LogP contribution in [-0.4, -0.2) is 24.5 Å². The number of aryl methyl sites for hydroxylation is 2. The highest BCUT2D eigenvalue weighted by Crippen LogP contribution is 2.21. The lowest BCUT2D eigenvalue weighted by Gasteiger charge is -2.26. The second-order valence-electron chi connectivity index (χ2n) is 6.28. The maximum atomic E-state index is 5.57. The normalized spacial score (nSPS) is 11.8. The summed E-state index contributed by atoms with van der Waals surface area (Å²) in [5, 5.41) is 6.60. The molecule has 0 radical (unpaired) electrons. The van der Waals surface area contributed by atoms with Gasteiger partial charge in [0.2, 0.25) is 5.89 Å². The third-order valence-corrected chi connectivity index (χ3v) is 3.96. The highest BCUT2D eigenvalue weighted by molar-refractivity contribution is 14.0. The van der Waals surface area contributed by atoms with Crippen LogP contribution in [0.4, 0.5) is 0 Å². The van der Waals surface area contributed by atoms with E-state index in [4.69, 9.17) is 4.42 Å². The molecule has 2 rings (SSSR count). The molecule has 0 saturated heterocycles. The van der Waals surface area contributed by atoms with Crippen LogP contribution in [0.15, 0.2) is 39.7 Å². The van der Waals surface area contributed by atoms with E-state index in [2.05, 4.69) is 58.7 Å². The van der Waals surface area contributed by atoms with Crippen molar-refractivity contribution in [3.63, 3.8) is 0 Å². The third-order valence-electron chi connectivity index (χ3n) is 3.96. The molecule has 0 aliphatic rings. The van der Waals surface area contributed by atoms with Crippen LogP contribution in [0.2, 0.25) is 0 Å². The minimum absolute atomic E-state index is 0. The number of rotatable bonds is 5. The van der Waals surface area contributed by atoms with E-state index in [0.717, 1.165) is 24.0 Å². The summed E-state index contributed by atoms with van der Waals surface area (Å²) in [4.78, 5) is 8.62. The zero-order valence-electron chi connectivity index (χ0n) is 15.0.